The summed E-state index contributed by atoms with van der Waals surface area (Å²) in [5, 5.41) is 4.53. The number of hydrogen-bond acceptors (Lipinski definition) is 3. The van der Waals surface area contributed by atoms with Gasteiger partial charge < -0.3 is 4.74 Å². The van der Waals surface area contributed by atoms with Gasteiger partial charge in [-0.2, -0.15) is 5.10 Å². The SMILES string of the molecule is CC(=NNC(=O)OC(C)(C)C)c1ccccc1Cl. The Hall–Kier alpha value is -1.55. The molecule has 0 aromatic heterocycles. The first-order valence-corrected chi connectivity index (χ1v) is 5.95. The number of hydrogen-bond donors (Lipinski definition) is 1. The second-order valence-electron chi connectivity index (χ2n) is 4.79. The Balaban J connectivity index is 2.69. The molecule has 0 heterocycles. The van der Waals surface area contributed by atoms with E-state index in [-0.39, 0.29) is 0 Å². The van der Waals surface area contributed by atoms with Gasteiger partial charge in [0.1, 0.15) is 5.60 Å². The summed E-state index contributed by atoms with van der Waals surface area (Å²) in [5.41, 5.74) is 3.18. The Kier molecular flexibility index (Phi) is 4.73. The van der Waals surface area contributed by atoms with Gasteiger partial charge in [0.05, 0.1) is 5.71 Å². The fraction of sp³-hybridized carbons (Fsp3) is 0.385. The van der Waals surface area contributed by atoms with Crippen molar-refractivity contribution in [3.63, 3.8) is 0 Å². The minimum Gasteiger partial charge on any atom is -0.443 e. The molecule has 1 amide bonds. The number of amides is 1. The summed E-state index contributed by atoms with van der Waals surface area (Å²) in [5.74, 6) is 0. The summed E-state index contributed by atoms with van der Waals surface area (Å²) in [6, 6.07) is 7.29. The van der Waals surface area contributed by atoms with Gasteiger partial charge in [-0.3, -0.25) is 0 Å². The number of nitrogens with zero attached hydrogens (tertiary/aromatic N) is 1. The predicted molar refractivity (Wildman–Crippen MR) is 73.0 cm³/mol. The molecule has 0 bridgehead atoms. The van der Waals surface area contributed by atoms with Crippen LogP contribution in [-0.2, 0) is 4.74 Å². The molecular formula is C13H17ClN2O2. The standard InChI is InChI=1S/C13H17ClN2O2/c1-9(10-7-5-6-8-11(10)14)15-16-12(17)18-13(2,3)4/h5-8H,1-4H3,(H,16,17). The van der Waals surface area contributed by atoms with Gasteiger partial charge in [0.15, 0.2) is 0 Å². The highest BCUT2D eigenvalue weighted by Crippen LogP contribution is 2.15. The molecule has 1 aromatic rings. The molecule has 1 N–H and O–H groups in total. The third-order valence-corrected chi connectivity index (χ3v) is 2.31. The van der Waals surface area contributed by atoms with E-state index in [0.717, 1.165) is 5.56 Å². The van der Waals surface area contributed by atoms with Gasteiger partial charge >= 0.3 is 6.09 Å². The highest BCUT2D eigenvalue weighted by Gasteiger charge is 2.15. The molecule has 0 saturated heterocycles. The number of nitrogens with one attached hydrogen (secondary N) is 1. The average molecular weight is 269 g/mol. The van der Waals surface area contributed by atoms with E-state index in [1.54, 1.807) is 33.8 Å². The molecule has 0 aliphatic rings. The zero-order chi connectivity index (χ0) is 13.8. The van der Waals surface area contributed by atoms with Crippen molar-refractivity contribution < 1.29 is 9.53 Å². The van der Waals surface area contributed by atoms with Crippen LogP contribution < -0.4 is 5.43 Å². The molecule has 5 heteroatoms. The van der Waals surface area contributed by atoms with Crippen molar-refractivity contribution in [2.75, 3.05) is 0 Å². The van der Waals surface area contributed by atoms with Gasteiger partial charge in [0.2, 0.25) is 0 Å². The van der Waals surface area contributed by atoms with E-state index in [1.165, 1.54) is 0 Å². The molecule has 0 fully saturated rings. The molecule has 98 valence electrons. The van der Waals surface area contributed by atoms with Crippen molar-refractivity contribution in [3.05, 3.63) is 34.9 Å². The fourth-order valence-electron chi connectivity index (χ4n) is 1.25. The molecule has 0 aliphatic heterocycles. The van der Waals surface area contributed by atoms with Gasteiger partial charge in [0.25, 0.3) is 0 Å². The van der Waals surface area contributed by atoms with Gasteiger partial charge in [-0.15, -0.1) is 0 Å². The molecule has 0 aliphatic carbocycles. The summed E-state index contributed by atoms with van der Waals surface area (Å²) < 4.78 is 5.06. The van der Waals surface area contributed by atoms with Crippen LogP contribution in [-0.4, -0.2) is 17.4 Å². The molecule has 4 nitrogen and oxygen atoms in total. The average Bonchev–Trinajstić information content (AvgIpc) is 2.24. The molecule has 0 saturated carbocycles. The van der Waals surface area contributed by atoms with Gasteiger partial charge in [-0.1, -0.05) is 29.8 Å². The number of benzene rings is 1. The van der Waals surface area contributed by atoms with Gasteiger partial charge in [-0.05, 0) is 33.8 Å². The summed E-state index contributed by atoms with van der Waals surface area (Å²) >= 11 is 6.02. The number of halogens is 1. The van der Waals surface area contributed by atoms with Crippen LogP contribution in [0.25, 0.3) is 0 Å². The number of rotatable bonds is 2. The van der Waals surface area contributed by atoms with Crippen LogP contribution in [0.4, 0.5) is 4.79 Å². The summed E-state index contributed by atoms with van der Waals surface area (Å²) in [6.45, 7) is 7.13. The molecule has 18 heavy (non-hydrogen) atoms. The van der Waals surface area contributed by atoms with E-state index >= 15 is 0 Å². The number of carbonyl (C=O) groups is 1. The third kappa shape index (κ3) is 4.75. The van der Waals surface area contributed by atoms with Gasteiger partial charge in [0, 0.05) is 10.6 Å². The lowest BCUT2D eigenvalue weighted by molar-refractivity contribution is 0.0529. The maximum absolute atomic E-state index is 11.4. The Morgan fingerprint density at radius 3 is 2.50 bits per heavy atom. The van der Waals surface area contributed by atoms with Crippen molar-refractivity contribution in [2.45, 2.75) is 33.3 Å². The van der Waals surface area contributed by atoms with E-state index in [0.29, 0.717) is 10.7 Å². The molecule has 0 radical (unpaired) electrons. The Labute approximate surface area is 112 Å². The van der Waals surface area contributed by atoms with E-state index < -0.39 is 11.7 Å². The summed E-state index contributed by atoms with van der Waals surface area (Å²) in [7, 11) is 0. The van der Waals surface area contributed by atoms with Crippen LogP contribution in [0.15, 0.2) is 29.4 Å². The third-order valence-electron chi connectivity index (χ3n) is 1.98. The van der Waals surface area contributed by atoms with Crippen molar-refractivity contribution in [1.82, 2.24) is 5.43 Å². The lowest BCUT2D eigenvalue weighted by atomic mass is 10.1. The van der Waals surface area contributed by atoms with Crippen molar-refractivity contribution >= 4 is 23.4 Å². The normalized spacial score (nSPS) is 12.2. The molecular weight excluding hydrogens is 252 g/mol. The van der Waals surface area contributed by atoms with Crippen LogP contribution in [0.2, 0.25) is 5.02 Å². The highest BCUT2D eigenvalue weighted by atomic mass is 35.5. The fourth-order valence-corrected chi connectivity index (χ4v) is 1.52. The van der Waals surface area contributed by atoms with Crippen LogP contribution in [0.5, 0.6) is 0 Å². The van der Waals surface area contributed by atoms with Crippen LogP contribution >= 0.6 is 11.6 Å². The van der Waals surface area contributed by atoms with E-state index in [2.05, 4.69) is 10.5 Å². The topological polar surface area (TPSA) is 50.7 Å². The smallest absolute Gasteiger partial charge is 0.428 e. The first-order valence-electron chi connectivity index (χ1n) is 5.58. The Morgan fingerprint density at radius 1 is 1.33 bits per heavy atom. The number of hydrazone groups is 1. The lowest BCUT2D eigenvalue weighted by Crippen LogP contribution is -2.30. The van der Waals surface area contributed by atoms with Crippen molar-refractivity contribution in [1.29, 1.82) is 0 Å². The monoisotopic (exact) mass is 268 g/mol. The number of ether oxygens (including phenoxy) is 1. The minimum absolute atomic E-state index is 0.544. The zero-order valence-corrected chi connectivity index (χ0v) is 11.7. The van der Waals surface area contributed by atoms with E-state index in [9.17, 15) is 4.79 Å². The molecule has 0 atom stereocenters. The van der Waals surface area contributed by atoms with E-state index in [1.807, 2.05) is 18.2 Å². The maximum atomic E-state index is 11.4. The second-order valence-corrected chi connectivity index (χ2v) is 5.20. The molecule has 1 aromatic carbocycles. The lowest BCUT2D eigenvalue weighted by Gasteiger charge is -2.18. The van der Waals surface area contributed by atoms with Crippen molar-refractivity contribution in [2.24, 2.45) is 5.10 Å². The molecule has 0 unspecified atom stereocenters. The number of carbonyl (C=O) groups excluding carboxylic acids is 1. The predicted octanol–water partition coefficient (Wildman–Crippen LogP) is 3.59. The van der Waals surface area contributed by atoms with Gasteiger partial charge in [-0.25, -0.2) is 10.2 Å². The largest absolute Gasteiger partial charge is 0.443 e. The zero-order valence-electron chi connectivity index (χ0n) is 11.0. The molecule has 0 spiro atoms. The van der Waals surface area contributed by atoms with E-state index in [4.69, 9.17) is 16.3 Å². The molecule has 1 rings (SSSR count). The first kappa shape index (κ1) is 14.5. The Bertz CT molecular complexity index is 464. The minimum atomic E-state index is -0.589. The summed E-state index contributed by atoms with van der Waals surface area (Å²) in [4.78, 5) is 11.4. The van der Waals surface area contributed by atoms with Crippen LogP contribution in [0.1, 0.15) is 33.3 Å². The van der Waals surface area contributed by atoms with Crippen LogP contribution in [0, 0.1) is 0 Å². The van der Waals surface area contributed by atoms with Crippen molar-refractivity contribution in [3.8, 4) is 0 Å². The van der Waals surface area contributed by atoms with Crippen LogP contribution in [0.3, 0.4) is 0 Å². The second kappa shape index (κ2) is 5.87. The summed E-state index contributed by atoms with van der Waals surface area (Å²) in [6.07, 6.45) is -0.589. The highest BCUT2D eigenvalue weighted by molar-refractivity contribution is 6.34. The Morgan fingerprint density at radius 2 is 1.94 bits per heavy atom. The quantitative estimate of drug-likeness (QED) is 0.658. The maximum Gasteiger partial charge on any atom is 0.428 e. The first-order chi connectivity index (χ1) is 8.29.